The predicted octanol–water partition coefficient (Wildman–Crippen LogP) is 3.88. The van der Waals surface area contributed by atoms with Gasteiger partial charge < -0.3 is 5.32 Å². The van der Waals surface area contributed by atoms with E-state index in [1.54, 1.807) is 42.5 Å². The van der Waals surface area contributed by atoms with Crippen molar-refractivity contribution in [2.24, 2.45) is 11.0 Å². The van der Waals surface area contributed by atoms with Gasteiger partial charge in [-0.25, -0.2) is 13.4 Å². The van der Waals surface area contributed by atoms with Crippen LogP contribution in [0.15, 0.2) is 82.9 Å². The van der Waals surface area contributed by atoms with Gasteiger partial charge in [-0.2, -0.15) is 5.10 Å². The fourth-order valence-electron chi connectivity index (χ4n) is 4.09. The highest BCUT2D eigenvalue weighted by Crippen LogP contribution is 2.30. The van der Waals surface area contributed by atoms with Gasteiger partial charge in [0.2, 0.25) is 5.91 Å². The normalized spacial score (nSPS) is 16.9. The second-order valence-electron chi connectivity index (χ2n) is 8.83. The summed E-state index contributed by atoms with van der Waals surface area (Å²) in [5, 5.41) is 8.98. The molecule has 186 valence electrons. The third-order valence-corrected chi connectivity index (χ3v) is 7.28. The molecular weight excluding hydrogens is 476 g/mol. The first-order valence-corrected chi connectivity index (χ1v) is 13.6. The number of aryl methyl sites for hydroxylation is 1. The maximum Gasteiger partial charge on any atom is 0.271 e. The van der Waals surface area contributed by atoms with E-state index in [1.165, 1.54) is 11.2 Å². The van der Waals surface area contributed by atoms with E-state index < -0.39 is 21.9 Å². The highest BCUT2D eigenvalue weighted by atomic mass is 32.2. The topological polar surface area (TPSA) is 109 Å². The lowest BCUT2D eigenvalue weighted by molar-refractivity contribution is -0.135. The van der Waals surface area contributed by atoms with Gasteiger partial charge in [-0.15, -0.1) is 0 Å². The second kappa shape index (κ2) is 10.4. The number of hydrazone groups is 1. The van der Waals surface area contributed by atoms with Crippen LogP contribution in [0, 0.1) is 12.8 Å². The Hall–Kier alpha value is -3.85. The molecule has 1 N–H and O–H groups in total. The smallest absolute Gasteiger partial charge is 0.271 e. The lowest BCUT2D eigenvalue weighted by Gasteiger charge is -2.35. The fourth-order valence-corrected chi connectivity index (χ4v) is 4.72. The largest absolute Gasteiger partial charge is 0.325 e. The molecule has 2 aromatic carbocycles. The molecule has 36 heavy (non-hydrogen) atoms. The molecule has 0 saturated heterocycles. The first-order valence-electron chi connectivity index (χ1n) is 11.7. The molecule has 4 rings (SSSR count). The summed E-state index contributed by atoms with van der Waals surface area (Å²) in [7, 11) is -3.34. The number of aromatic nitrogens is 1. The van der Waals surface area contributed by atoms with Crippen molar-refractivity contribution in [1.29, 1.82) is 0 Å². The molecule has 1 aromatic heterocycles. The summed E-state index contributed by atoms with van der Waals surface area (Å²) >= 11 is 0. The van der Waals surface area contributed by atoms with Gasteiger partial charge in [0.15, 0.2) is 16.0 Å². The molecule has 1 aliphatic rings. The van der Waals surface area contributed by atoms with Crippen LogP contribution >= 0.6 is 0 Å². The van der Waals surface area contributed by atoms with Crippen LogP contribution < -0.4 is 5.32 Å². The van der Waals surface area contributed by atoms with Crippen molar-refractivity contribution in [3.63, 3.8) is 0 Å². The zero-order valence-corrected chi connectivity index (χ0v) is 21.2. The van der Waals surface area contributed by atoms with E-state index in [-0.39, 0.29) is 28.8 Å². The van der Waals surface area contributed by atoms with Gasteiger partial charge in [0, 0.05) is 24.8 Å². The minimum absolute atomic E-state index is 0.136. The van der Waals surface area contributed by atoms with Gasteiger partial charge in [-0.05, 0) is 48.7 Å². The third kappa shape index (κ3) is 5.52. The van der Waals surface area contributed by atoms with Crippen molar-refractivity contribution >= 4 is 27.4 Å². The number of sulfone groups is 1. The standard InChI is InChI=1S/C27H28N4O4S/c1-4-19-17-24(32)31(30-25(19)20-12-14-22(15-13-20)36(3,34)35)26(21-10-8-18(2)9-11-21)29-27(33)23-7-5-6-16-28-23/h5-16,19,26H,4,17H2,1-3H3,(H,29,33). The zero-order chi connectivity index (χ0) is 25.9. The minimum Gasteiger partial charge on any atom is -0.325 e. The lowest BCUT2D eigenvalue weighted by atomic mass is 9.89. The molecule has 2 amide bonds. The molecule has 0 fully saturated rings. The van der Waals surface area contributed by atoms with Crippen LogP contribution in [0.4, 0.5) is 0 Å². The van der Waals surface area contributed by atoms with Crippen LogP contribution in [0.5, 0.6) is 0 Å². The number of benzene rings is 2. The Balaban J connectivity index is 1.76. The van der Waals surface area contributed by atoms with Crippen LogP contribution in [0.3, 0.4) is 0 Å². The Labute approximate surface area is 211 Å². The Kier molecular flexibility index (Phi) is 7.30. The van der Waals surface area contributed by atoms with Crippen molar-refractivity contribution < 1.29 is 18.0 Å². The number of hydrogen-bond donors (Lipinski definition) is 1. The number of nitrogens with zero attached hydrogens (tertiary/aromatic N) is 3. The van der Waals surface area contributed by atoms with Gasteiger partial charge in [-0.1, -0.05) is 55.0 Å². The number of rotatable bonds is 7. The molecule has 0 aliphatic carbocycles. The Morgan fingerprint density at radius 1 is 1.08 bits per heavy atom. The summed E-state index contributed by atoms with van der Waals surface area (Å²) in [6.45, 7) is 3.94. The summed E-state index contributed by atoms with van der Waals surface area (Å²) in [5.41, 5.74) is 3.36. The van der Waals surface area contributed by atoms with Crippen LogP contribution in [-0.2, 0) is 14.6 Å². The van der Waals surface area contributed by atoms with E-state index in [9.17, 15) is 18.0 Å². The molecule has 0 spiro atoms. The fraction of sp³-hybridized carbons (Fsp3) is 0.259. The van der Waals surface area contributed by atoms with Crippen LogP contribution in [0.1, 0.15) is 53.1 Å². The Bertz CT molecular complexity index is 1390. The number of nitrogens with one attached hydrogen (secondary N) is 1. The van der Waals surface area contributed by atoms with Gasteiger partial charge in [0.05, 0.1) is 10.6 Å². The van der Waals surface area contributed by atoms with Gasteiger partial charge in [0.1, 0.15) is 5.69 Å². The molecule has 3 aromatic rings. The molecule has 0 radical (unpaired) electrons. The summed E-state index contributed by atoms with van der Waals surface area (Å²) in [6.07, 6.45) is 2.73. The lowest BCUT2D eigenvalue weighted by Crippen LogP contribution is -2.46. The first kappa shape index (κ1) is 25.2. The molecule has 2 unspecified atom stereocenters. The van der Waals surface area contributed by atoms with E-state index in [0.717, 1.165) is 17.4 Å². The highest BCUT2D eigenvalue weighted by Gasteiger charge is 2.35. The summed E-state index contributed by atoms with van der Waals surface area (Å²) in [6, 6.07) is 19.1. The van der Waals surface area contributed by atoms with Crippen molar-refractivity contribution in [2.45, 2.75) is 37.8 Å². The number of amides is 2. The molecule has 8 nitrogen and oxygen atoms in total. The third-order valence-electron chi connectivity index (χ3n) is 6.15. The average molecular weight is 505 g/mol. The van der Waals surface area contributed by atoms with Gasteiger partial charge in [0.25, 0.3) is 5.91 Å². The maximum absolute atomic E-state index is 13.3. The Morgan fingerprint density at radius 3 is 2.36 bits per heavy atom. The number of carbonyl (C=O) groups excluding carboxylic acids is 2. The van der Waals surface area contributed by atoms with E-state index in [1.807, 2.05) is 38.1 Å². The maximum atomic E-state index is 13.3. The number of hydrogen-bond acceptors (Lipinski definition) is 6. The van der Waals surface area contributed by atoms with E-state index >= 15 is 0 Å². The highest BCUT2D eigenvalue weighted by molar-refractivity contribution is 7.90. The van der Waals surface area contributed by atoms with Crippen LogP contribution in [0.25, 0.3) is 0 Å². The van der Waals surface area contributed by atoms with E-state index in [2.05, 4.69) is 10.3 Å². The van der Waals surface area contributed by atoms with E-state index in [0.29, 0.717) is 17.7 Å². The predicted molar refractivity (Wildman–Crippen MR) is 137 cm³/mol. The van der Waals surface area contributed by atoms with Gasteiger partial charge in [-0.3, -0.25) is 14.6 Å². The van der Waals surface area contributed by atoms with Crippen LogP contribution in [-0.4, -0.2) is 42.2 Å². The molecule has 2 heterocycles. The van der Waals surface area contributed by atoms with E-state index in [4.69, 9.17) is 5.10 Å². The van der Waals surface area contributed by atoms with Crippen molar-refractivity contribution in [2.75, 3.05) is 6.26 Å². The quantitative estimate of drug-likeness (QED) is 0.525. The molecule has 0 bridgehead atoms. The monoisotopic (exact) mass is 504 g/mol. The summed E-state index contributed by atoms with van der Waals surface area (Å²) < 4.78 is 23.8. The number of pyridine rings is 1. The van der Waals surface area contributed by atoms with Crippen molar-refractivity contribution in [1.82, 2.24) is 15.3 Å². The first-order chi connectivity index (χ1) is 17.2. The molecule has 0 saturated carbocycles. The van der Waals surface area contributed by atoms with Gasteiger partial charge >= 0.3 is 0 Å². The second-order valence-corrected chi connectivity index (χ2v) is 10.8. The minimum atomic E-state index is -3.34. The Morgan fingerprint density at radius 2 is 1.78 bits per heavy atom. The van der Waals surface area contributed by atoms with Crippen molar-refractivity contribution in [3.8, 4) is 0 Å². The summed E-state index contributed by atoms with van der Waals surface area (Å²) in [5.74, 6) is -0.783. The van der Waals surface area contributed by atoms with Crippen LogP contribution in [0.2, 0.25) is 0 Å². The molecule has 1 aliphatic heterocycles. The molecular formula is C27H28N4O4S. The zero-order valence-electron chi connectivity index (χ0n) is 20.4. The average Bonchev–Trinajstić information content (AvgIpc) is 2.88. The molecule has 2 atom stereocenters. The van der Waals surface area contributed by atoms with Crippen molar-refractivity contribution in [3.05, 3.63) is 95.3 Å². The number of carbonyl (C=O) groups is 2. The molecule has 9 heteroatoms. The summed E-state index contributed by atoms with van der Waals surface area (Å²) in [4.78, 5) is 30.7. The SMILES string of the molecule is CCC1CC(=O)N(C(NC(=O)c2ccccn2)c2ccc(C)cc2)N=C1c1ccc(S(C)(=O)=O)cc1.